The van der Waals surface area contributed by atoms with Crippen LogP contribution in [0.2, 0.25) is 0 Å². The van der Waals surface area contributed by atoms with Gasteiger partial charge >= 0.3 is 0 Å². The Kier molecular flexibility index (Phi) is 4.12. The number of aromatic nitrogens is 2. The number of anilines is 3. The van der Waals surface area contributed by atoms with Gasteiger partial charge in [-0.15, -0.1) is 0 Å². The summed E-state index contributed by atoms with van der Waals surface area (Å²) < 4.78 is 0. The van der Waals surface area contributed by atoms with Crippen LogP contribution in [0.3, 0.4) is 0 Å². The molecule has 0 radical (unpaired) electrons. The Morgan fingerprint density at radius 1 is 1.05 bits per heavy atom. The molecular formula is C16H16N4S. The third kappa shape index (κ3) is 3.38. The minimum atomic E-state index is 0.715. The van der Waals surface area contributed by atoms with E-state index in [0.29, 0.717) is 5.82 Å². The van der Waals surface area contributed by atoms with Gasteiger partial charge in [-0.1, -0.05) is 30.3 Å². The molecule has 1 aromatic carbocycles. The Balaban J connectivity index is 1.97. The fraction of sp³-hybridized carbons (Fsp3) is 0.125. The lowest BCUT2D eigenvalue weighted by Gasteiger charge is -2.10. The van der Waals surface area contributed by atoms with Crippen molar-refractivity contribution in [2.24, 2.45) is 0 Å². The average Bonchev–Trinajstić information content (AvgIpc) is 3.01. The van der Waals surface area contributed by atoms with E-state index >= 15 is 0 Å². The second-order valence-corrected chi connectivity index (χ2v) is 5.28. The quantitative estimate of drug-likeness (QED) is 0.733. The van der Waals surface area contributed by atoms with Crippen molar-refractivity contribution in [2.45, 2.75) is 6.92 Å². The molecule has 106 valence electrons. The number of nitrogens with zero attached hydrogens (tertiary/aromatic N) is 2. The monoisotopic (exact) mass is 296 g/mol. The van der Waals surface area contributed by atoms with Gasteiger partial charge in [-0.25, -0.2) is 9.97 Å². The van der Waals surface area contributed by atoms with E-state index in [9.17, 15) is 0 Å². The van der Waals surface area contributed by atoms with E-state index in [1.54, 1.807) is 11.3 Å². The standard InChI is InChI=1S/C16H16N4S/c1-2-17-14-10-15(18-13-8-9-21-11-13)20-16(19-14)12-6-4-3-5-7-12/h3-11H,2H2,1H3,(H2,17,18,19,20). The van der Waals surface area contributed by atoms with Crippen LogP contribution < -0.4 is 10.6 Å². The van der Waals surface area contributed by atoms with Crippen molar-refractivity contribution < 1.29 is 0 Å². The Bertz CT molecular complexity index is 696. The Labute approximate surface area is 127 Å². The van der Waals surface area contributed by atoms with E-state index in [-0.39, 0.29) is 0 Å². The summed E-state index contributed by atoms with van der Waals surface area (Å²) in [5.74, 6) is 2.33. The van der Waals surface area contributed by atoms with Gasteiger partial charge in [0.15, 0.2) is 5.82 Å². The first-order valence-electron chi connectivity index (χ1n) is 6.83. The molecule has 2 heterocycles. The van der Waals surface area contributed by atoms with Gasteiger partial charge in [0.25, 0.3) is 0 Å². The zero-order chi connectivity index (χ0) is 14.5. The predicted molar refractivity (Wildman–Crippen MR) is 89.2 cm³/mol. The summed E-state index contributed by atoms with van der Waals surface area (Å²) in [5, 5.41) is 10.6. The topological polar surface area (TPSA) is 49.8 Å². The van der Waals surface area contributed by atoms with Crippen LogP contribution in [0.15, 0.2) is 53.2 Å². The molecule has 0 aliphatic heterocycles. The number of benzene rings is 1. The van der Waals surface area contributed by atoms with Crippen molar-refractivity contribution in [3.05, 3.63) is 53.2 Å². The van der Waals surface area contributed by atoms with Gasteiger partial charge in [0, 0.05) is 23.6 Å². The summed E-state index contributed by atoms with van der Waals surface area (Å²) in [7, 11) is 0. The zero-order valence-electron chi connectivity index (χ0n) is 11.7. The van der Waals surface area contributed by atoms with Crippen molar-refractivity contribution in [3.63, 3.8) is 0 Å². The normalized spacial score (nSPS) is 10.3. The molecule has 21 heavy (non-hydrogen) atoms. The minimum absolute atomic E-state index is 0.715. The molecular weight excluding hydrogens is 280 g/mol. The van der Waals surface area contributed by atoms with Crippen LogP contribution in [0.25, 0.3) is 11.4 Å². The SMILES string of the molecule is CCNc1cc(Nc2ccsc2)nc(-c2ccccc2)n1. The summed E-state index contributed by atoms with van der Waals surface area (Å²) in [6, 6.07) is 14.0. The largest absolute Gasteiger partial charge is 0.370 e. The lowest BCUT2D eigenvalue weighted by molar-refractivity contribution is 1.12. The molecule has 5 heteroatoms. The van der Waals surface area contributed by atoms with Gasteiger partial charge in [-0.05, 0) is 18.4 Å². The number of thiophene rings is 1. The molecule has 3 rings (SSSR count). The van der Waals surface area contributed by atoms with Crippen LogP contribution in [-0.4, -0.2) is 16.5 Å². The summed E-state index contributed by atoms with van der Waals surface area (Å²) in [6.45, 7) is 2.87. The molecule has 0 aliphatic rings. The molecule has 0 aliphatic carbocycles. The maximum atomic E-state index is 4.60. The van der Waals surface area contributed by atoms with E-state index in [0.717, 1.165) is 29.4 Å². The highest BCUT2D eigenvalue weighted by Crippen LogP contribution is 2.23. The van der Waals surface area contributed by atoms with E-state index in [4.69, 9.17) is 0 Å². The Hall–Kier alpha value is -2.40. The van der Waals surface area contributed by atoms with Crippen LogP contribution in [-0.2, 0) is 0 Å². The first-order chi connectivity index (χ1) is 10.3. The smallest absolute Gasteiger partial charge is 0.163 e. The van der Waals surface area contributed by atoms with Gasteiger partial charge in [0.2, 0.25) is 0 Å². The number of hydrogen-bond acceptors (Lipinski definition) is 5. The molecule has 2 aromatic heterocycles. The van der Waals surface area contributed by atoms with Crippen LogP contribution in [0, 0.1) is 0 Å². The molecule has 0 unspecified atom stereocenters. The molecule has 0 saturated carbocycles. The molecule has 0 spiro atoms. The second-order valence-electron chi connectivity index (χ2n) is 4.50. The van der Waals surface area contributed by atoms with E-state index < -0.39 is 0 Å². The zero-order valence-corrected chi connectivity index (χ0v) is 12.5. The molecule has 0 amide bonds. The molecule has 0 bridgehead atoms. The van der Waals surface area contributed by atoms with E-state index in [1.807, 2.05) is 47.8 Å². The second kappa shape index (κ2) is 6.37. The predicted octanol–water partition coefficient (Wildman–Crippen LogP) is 4.38. The highest BCUT2D eigenvalue weighted by atomic mass is 32.1. The van der Waals surface area contributed by atoms with Gasteiger partial charge in [-0.3, -0.25) is 0 Å². The lowest BCUT2D eigenvalue weighted by Crippen LogP contribution is -2.04. The summed E-state index contributed by atoms with van der Waals surface area (Å²) >= 11 is 1.65. The Morgan fingerprint density at radius 2 is 1.86 bits per heavy atom. The van der Waals surface area contributed by atoms with Crippen LogP contribution in [0.1, 0.15) is 6.92 Å². The summed E-state index contributed by atoms with van der Waals surface area (Å²) in [4.78, 5) is 9.17. The number of hydrogen-bond donors (Lipinski definition) is 2. The maximum absolute atomic E-state index is 4.60. The summed E-state index contributed by atoms with van der Waals surface area (Å²) in [6.07, 6.45) is 0. The highest BCUT2D eigenvalue weighted by molar-refractivity contribution is 7.08. The third-order valence-electron chi connectivity index (χ3n) is 2.91. The Morgan fingerprint density at radius 3 is 2.57 bits per heavy atom. The van der Waals surface area contributed by atoms with Gasteiger partial charge in [-0.2, -0.15) is 11.3 Å². The molecule has 0 saturated heterocycles. The van der Waals surface area contributed by atoms with Crippen molar-refractivity contribution in [2.75, 3.05) is 17.2 Å². The first-order valence-corrected chi connectivity index (χ1v) is 7.77. The molecule has 2 N–H and O–H groups in total. The molecule has 3 aromatic rings. The van der Waals surface area contributed by atoms with Crippen LogP contribution in [0.4, 0.5) is 17.3 Å². The van der Waals surface area contributed by atoms with Crippen molar-refractivity contribution in [3.8, 4) is 11.4 Å². The number of rotatable bonds is 5. The van der Waals surface area contributed by atoms with Gasteiger partial charge in [0.1, 0.15) is 11.6 Å². The van der Waals surface area contributed by atoms with Crippen LogP contribution >= 0.6 is 11.3 Å². The first kappa shape index (κ1) is 13.6. The maximum Gasteiger partial charge on any atom is 0.163 e. The molecule has 0 fully saturated rings. The van der Waals surface area contributed by atoms with Crippen molar-refractivity contribution >= 4 is 28.7 Å². The third-order valence-corrected chi connectivity index (χ3v) is 3.59. The fourth-order valence-electron chi connectivity index (χ4n) is 1.98. The van der Waals surface area contributed by atoms with Gasteiger partial charge in [0.05, 0.1) is 5.69 Å². The highest BCUT2D eigenvalue weighted by Gasteiger charge is 2.07. The fourth-order valence-corrected chi connectivity index (χ4v) is 2.57. The van der Waals surface area contributed by atoms with E-state index in [2.05, 4.69) is 32.9 Å². The van der Waals surface area contributed by atoms with Crippen molar-refractivity contribution in [1.82, 2.24) is 9.97 Å². The van der Waals surface area contributed by atoms with Crippen molar-refractivity contribution in [1.29, 1.82) is 0 Å². The average molecular weight is 296 g/mol. The molecule has 4 nitrogen and oxygen atoms in total. The van der Waals surface area contributed by atoms with E-state index in [1.165, 1.54) is 0 Å². The van der Waals surface area contributed by atoms with Crippen LogP contribution in [0.5, 0.6) is 0 Å². The minimum Gasteiger partial charge on any atom is -0.370 e. The van der Waals surface area contributed by atoms with Gasteiger partial charge < -0.3 is 10.6 Å². The summed E-state index contributed by atoms with van der Waals surface area (Å²) in [5.41, 5.74) is 2.05. The molecule has 0 atom stereocenters. The number of nitrogens with one attached hydrogen (secondary N) is 2. The lowest BCUT2D eigenvalue weighted by atomic mass is 10.2.